The molecule has 0 radical (unpaired) electrons. The van der Waals surface area contributed by atoms with Gasteiger partial charge in [0, 0.05) is 6.42 Å². The second kappa shape index (κ2) is 11.6. The van der Waals surface area contributed by atoms with Crippen molar-refractivity contribution in [3.63, 3.8) is 0 Å². The molecule has 2 N–H and O–H groups in total. The molecule has 0 aliphatic carbocycles. The van der Waals surface area contributed by atoms with E-state index in [1.165, 1.54) is 6.92 Å². The third-order valence-corrected chi connectivity index (χ3v) is 5.98. The van der Waals surface area contributed by atoms with E-state index in [1.807, 2.05) is 30.3 Å². The molecule has 0 spiro atoms. The number of carbonyl (C=O) groups is 2. The van der Waals surface area contributed by atoms with Gasteiger partial charge in [-0.3, -0.25) is 9.09 Å². The van der Waals surface area contributed by atoms with Crippen LogP contribution in [0.25, 0.3) is 0 Å². The second-order valence-corrected chi connectivity index (χ2v) is 8.94. The van der Waals surface area contributed by atoms with Crippen LogP contribution >= 0.6 is 7.60 Å². The summed E-state index contributed by atoms with van der Waals surface area (Å²) in [6, 6.07) is 18.5. The molecule has 2 rings (SSSR count). The molecule has 7 nitrogen and oxygen atoms in total. The zero-order chi connectivity index (χ0) is 22.0. The maximum absolute atomic E-state index is 12.3. The fraction of sp³-hybridized carbons (Fsp3) is 0.364. The summed E-state index contributed by atoms with van der Waals surface area (Å²) in [5, 5.41) is 9.31. The summed E-state index contributed by atoms with van der Waals surface area (Å²) in [6.45, 7) is 1.27. The van der Waals surface area contributed by atoms with Gasteiger partial charge in [0.2, 0.25) is 6.10 Å². The fourth-order valence-corrected chi connectivity index (χ4v) is 4.18. The highest BCUT2D eigenvalue weighted by molar-refractivity contribution is 7.52. The Hall–Kier alpha value is -2.47. The third kappa shape index (κ3) is 8.49. The molecule has 0 saturated carbocycles. The van der Waals surface area contributed by atoms with Gasteiger partial charge in [-0.2, -0.15) is 0 Å². The van der Waals surface area contributed by atoms with E-state index in [-0.39, 0.29) is 12.6 Å². The standard InChI is InChI=1S/C22H27O7P/c1-17(22(25)28-20(21(23)24)16-19-13-6-3-7-14-19)29-30(26,27)15-9-8-12-18-10-4-2-5-11-18/h2-7,10-11,13-14,17,20H,8-9,12,15-16H2,1H3,(H,23,24)(H,26,27)/t17-,20-/m0/s1. The molecule has 1 unspecified atom stereocenters. The lowest BCUT2D eigenvalue weighted by Crippen LogP contribution is -2.34. The second-order valence-electron chi connectivity index (χ2n) is 7.00. The topological polar surface area (TPSA) is 110 Å². The van der Waals surface area contributed by atoms with E-state index in [1.54, 1.807) is 30.3 Å². The van der Waals surface area contributed by atoms with Gasteiger partial charge < -0.3 is 14.7 Å². The van der Waals surface area contributed by atoms with Crippen molar-refractivity contribution in [2.24, 2.45) is 0 Å². The van der Waals surface area contributed by atoms with Gasteiger partial charge in [-0.1, -0.05) is 60.7 Å². The van der Waals surface area contributed by atoms with Crippen LogP contribution in [-0.4, -0.2) is 40.3 Å². The van der Waals surface area contributed by atoms with Crippen molar-refractivity contribution < 1.29 is 33.4 Å². The number of esters is 1. The maximum atomic E-state index is 12.3. The van der Waals surface area contributed by atoms with E-state index < -0.39 is 31.7 Å². The molecule has 0 saturated heterocycles. The van der Waals surface area contributed by atoms with Crippen LogP contribution in [0, 0.1) is 0 Å². The van der Waals surface area contributed by atoms with Gasteiger partial charge in [0.05, 0.1) is 6.16 Å². The molecule has 0 amide bonds. The van der Waals surface area contributed by atoms with E-state index >= 15 is 0 Å². The predicted octanol–water partition coefficient (Wildman–Crippen LogP) is 3.84. The third-order valence-electron chi connectivity index (χ3n) is 4.45. The Morgan fingerprint density at radius 3 is 2.10 bits per heavy atom. The van der Waals surface area contributed by atoms with Crippen molar-refractivity contribution in [2.45, 2.75) is 44.8 Å². The average molecular weight is 434 g/mol. The van der Waals surface area contributed by atoms with Crippen LogP contribution in [0.1, 0.15) is 30.9 Å². The quantitative estimate of drug-likeness (QED) is 0.297. The van der Waals surface area contributed by atoms with Crippen LogP contribution in [0.3, 0.4) is 0 Å². The summed E-state index contributed by atoms with van der Waals surface area (Å²) in [7, 11) is -4.01. The molecule has 0 fully saturated rings. The first kappa shape index (κ1) is 23.8. The highest BCUT2D eigenvalue weighted by Gasteiger charge is 2.30. The average Bonchev–Trinajstić information content (AvgIpc) is 2.72. The zero-order valence-corrected chi connectivity index (χ0v) is 17.7. The molecule has 2 aromatic carbocycles. The van der Waals surface area contributed by atoms with Gasteiger partial charge in [0.1, 0.15) is 0 Å². The summed E-state index contributed by atoms with van der Waals surface area (Å²) in [5.41, 5.74) is 1.83. The van der Waals surface area contributed by atoms with E-state index in [2.05, 4.69) is 0 Å². The van der Waals surface area contributed by atoms with E-state index in [9.17, 15) is 24.2 Å². The Morgan fingerprint density at radius 2 is 1.53 bits per heavy atom. The number of rotatable bonds is 12. The molecule has 162 valence electrons. The Morgan fingerprint density at radius 1 is 0.967 bits per heavy atom. The summed E-state index contributed by atoms with van der Waals surface area (Å²) >= 11 is 0. The van der Waals surface area contributed by atoms with Gasteiger partial charge in [-0.15, -0.1) is 0 Å². The van der Waals surface area contributed by atoms with Crippen molar-refractivity contribution in [2.75, 3.05) is 6.16 Å². The van der Waals surface area contributed by atoms with Crippen molar-refractivity contribution in [1.82, 2.24) is 0 Å². The first-order valence-electron chi connectivity index (χ1n) is 9.78. The molecule has 0 aromatic heterocycles. The fourth-order valence-electron chi connectivity index (χ4n) is 2.87. The van der Waals surface area contributed by atoms with Gasteiger partial charge >= 0.3 is 19.5 Å². The number of hydrogen-bond acceptors (Lipinski definition) is 5. The lowest BCUT2D eigenvalue weighted by Gasteiger charge is -2.20. The van der Waals surface area contributed by atoms with Crippen LogP contribution < -0.4 is 0 Å². The predicted molar refractivity (Wildman–Crippen MR) is 112 cm³/mol. The van der Waals surface area contributed by atoms with Crippen molar-refractivity contribution >= 4 is 19.5 Å². The van der Waals surface area contributed by atoms with E-state index in [0.29, 0.717) is 18.4 Å². The molecular weight excluding hydrogens is 407 g/mol. The van der Waals surface area contributed by atoms with Gasteiger partial charge in [-0.05, 0) is 37.3 Å². The Balaban J connectivity index is 1.80. The Labute approximate surface area is 176 Å². The van der Waals surface area contributed by atoms with Crippen molar-refractivity contribution in [3.05, 3.63) is 71.8 Å². The lowest BCUT2D eigenvalue weighted by atomic mass is 10.1. The van der Waals surface area contributed by atoms with Crippen molar-refractivity contribution in [1.29, 1.82) is 0 Å². The first-order valence-corrected chi connectivity index (χ1v) is 11.5. The summed E-state index contributed by atoms with van der Waals surface area (Å²) < 4.78 is 22.3. The maximum Gasteiger partial charge on any atom is 0.345 e. The number of aryl methyl sites for hydroxylation is 1. The number of carboxylic acids is 1. The normalized spacial score (nSPS) is 15.0. The summed E-state index contributed by atoms with van der Waals surface area (Å²) in [4.78, 5) is 33.6. The Kier molecular flexibility index (Phi) is 9.24. The number of benzene rings is 2. The number of carbonyl (C=O) groups excluding carboxylic acids is 1. The minimum atomic E-state index is -4.01. The van der Waals surface area contributed by atoms with Gasteiger partial charge in [-0.25, -0.2) is 9.59 Å². The molecule has 8 heteroatoms. The number of aliphatic carboxylic acids is 1. The molecular formula is C22H27O7P. The number of hydrogen-bond donors (Lipinski definition) is 2. The monoisotopic (exact) mass is 434 g/mol. The minimum Gasteiger partial charge on any atom is -0.478 e. The number of carboxylic acid groups (broad SMARTS) is 1. The van der Waals surface area contributed by atoms with Crippen molar-refractivity contribution in [3.8, 4) is 0 Å². The molecule has 2 aromatic rings. The number of unbranched alkanes of at least 4 members (excludes halogenated alkanes) is 1. The van der Waals surface area contributed by atoms with Crippen LogP contribution in [0.2, 0.25) is 0 Å². The van der Waals surface area contributed by atoms with E-state index in [0.717, 1.165) is 12.0 Å². The minimum absolute atomic E-state index is 0.00902. The summed E-state index contributed by atoms with van der Waals surface area (Å²) in [6.07, 6.45) is -0.930. The van der Waals surface area contributed by atoms with E-state index in [4.69, 9.17) is 9.26 Å². The molecule has 0 aliphatic rings. The van der Waals surface area contributed by atoms with Crippen LogP contribution in [0.5, 0.6) is 0 Å². The van der Waals surface area contributed by atoms with Crippen LogP contribution in [0.15, 0.2) is 60.7 Å². The molecule has 30 heavy (non-hydrogen) atoms. The molecule has 0 aliphatic heterocycles. The highest BCUT2D eigenvalue weighted by Crippen LogP contribution is 2.44. The van der Waals surface area contributed by atoms with Gasteiger partial charge in [0.25, 0.3) is 0 Å². The van der Waals surface area contributed by atoms with Gasteiger partial charge in [0.15, 0.2) is 6.10 Å². The molecule has 0 bridgehead atoms. The van der Waals surface area contributed by atoms with Crippen LogP contribution in [-0.2, 0) is 36.3 Å². The Bertz CT molecular complexity index is 854. The molecule has 0 heterocycles. The summed E-state index contributed by atoms with van der Waals surface area (Å²) in [5.74, 6) is -2.29. The first-order chi connectivity index (χ1) is 14.3. The zero-order valence-electron chi connectivity index (χ0n) is 16.8. The van der Waals surface area contributed by atoms with Crippen LogP contribution in [0.4, 0.5) is 0 Å². The number of ether oxygens (including phenoxy) is 1. The SMILES string of the molecule is C[C@H](OP(=O)(O)CCCCc1ccccc1)C(=O)O[C@@H](Cc1ccccc1)C(=O)O. The molecule has 3 atom stereocenters. The highest BCUT2D eigenvalue weighted by atomic mass is 31.2. The lowest BCUT2D eigenvalue weighted by molar-refractivity contribution is -0.168. The largest absolute Gasteiger partial charge is 0.478 e. The smallest absolute Gasteiger partial charge is 0.345 e.